The van der Waals surface area contributed by atoms with E-state index in [1.165, 1.54) is 6.42 Å². The van der Waals surface area contributed by atoms with Crippen LogP contribution in [0.2, 0.25) is 0 Å². The topological polar surface area (TPSA) is 142 Å². The van der Waals surface area contributed by atoms with Crippen LogP contribution in [0.1, 0.15) is 83.5 Å². The van der Waals surface area contributed by atoms with Crippen LogP contribution >= 0.6 is 0 Å². The van der Waals surface area contributed by atoms with Gasteiger partial charge in [-0.2, -0.15) is 26.0 Å². The monoisotopic (exact) mass is 652 g/mol. The summed E-state index contributed by atoms with van der Waals surface area (Å²) in [5.41, 5.74) is -2.22. The molecule has 8 saturated carbocycles. The zero-order valence-corrected chi connectivity index (χ0v) is 24.8. The minimum atomic E-state index is -6.40. The number of esters is 3. The molecule has 8 aliphatic carbocycles. The Morgan fingerprint density at radius 1 is 0.909 bits per heavy atom. The zero-order chi connectivity index (χ0) is 31.5. The molecule has 0 radical (unpaired) electrons. The smallest absolute Gasteiger partial charge is 0.431 e. The minimum Gasteiger partial charge on any atom is -0.465 e. The van der Waals surface area contributed by atoms with Crippen molar-refractivity contribution in [3.05, 3.63) is 0 Å². The van der Waals surface area contributed by atoms with Crippen LogP contribution in [0.5, 0.6) is 0 Å². The third-order valence-electron chi connectivity index (χ3n) is 11.6. The van der Waals surface area contributed by atoms with Crippen LogP contribution in [0.4, 0.5) is 17.6 Å². The van der Waals surface area contributed by atoms with Crippen LogP contribution in [0.3, 0.4) is 0 Å². The van der Waals surface area contributed by atoms with Crippen molar-refractivity contribution < 1.29 is 63.9 Å². The highest BCUT2D eigenvalue weighted by atomic mass is 32.2. The second-order valence-corrected chi connectivity index (χ2v) is 16.2. The number of rotatable bonds is 9. The normalized spacial score (nSPS) is 43.8. The summed E-state index contributed by atoms with van der Waals surface area (Å²) in [5, 5.41) is -5.75. The van der Waals surface area contributed by atoms with Crippen molar-refractivity contribution >= 4 is 28.0 Å². The van der Waals surface area contributed by atoms with E-state index in [1.807, 2.05) is 0 Å². The van der Waals surface area contributed by atoms with Gasteiger partial charge in [0.15, 0.2) is 6.10 Å². The van der Waals surface area contributed by atoms with Gasteiger partial charge >= 0.3 is 39.2 Å². The Kier molecular flexibility index (Phi) is 6.79. The van der Waals surface area contributed by atoms with Gasteiger partial charge in [0.2, 0.25) is 5.79 Å². The Hall–Kier alpha value is -2.00. The van der Waals surface area contributed by atoms with Gasteiger partial charge in [-0.25, -0.2) is 4.79 Å². The fraction of sp³-hybridized carbons (Fsp3) is 0.897. The summed E-state index contributed by atoms with van der Waals surface area (Å²) in [7, 11) is -6.40. The van der Waals surface area contributed by atoms with Gasteiger partial charge in [-0.15, -0.1) is 0 Å². The Bertz CT molecular complexity index is 1320. The van der Waals surface area contributed by atoms with Gasteiger partial charge in [0.05, 0.1) is 24.9 Å². The highest BCUT2D eigenvalue weighted by Crippen LogP contribution is 2.64. The third-order valence-corrected chi connectivity index (χ3v) is 12.6. The average Bonchev–Trinajstić information content (AvgIpc) is 3.21. The third kappa shape index (κ3) is 4.68. The summed E-state index contributed by atoms with van der Waals surface area (Å²) in [5.74, 6) is -6.85. The molecule has 9 aliphatic rings. The maximum atomic E-state index is 13.9. The van der Waals surface area contributed by atoms with Gasteiger partial charge in [0.25, 0.3) is 0 Å². The van der Waals surface area contributed by atoms with Gasteiger partial charge in [-0.1, -0.05) is 0 Å². The fourth-order valence-corrected chi connectivity index (χ4v) is 11.1. The number of carbonyl (C=O) groups excluding carboxylic acids is 3. The Labute approximate surface area is 251 Å². The molecule has 246 valence electrons. The lowest BCUT2D eigenvalue weighted by Crippen LogP contribution is -2.60. The molecule has 1 saturated heterocycles. The van der Waals surface area contributed by atoms with Gasteiger partial charge in [-0.05, 0) is 87.9 Å². The molecule has 1 spiro atoms. The van der Waals surface area contributed by atoms with E-state index in [2.05, 4.69) is 0 Å². The van der Waals surface area contributed by atoms with Crippen molar-refractivity contribution in [3.63, 3.8) is 0 Å². The van der Waals surface area contributed by atoms with Crippen LogP contribution in [-0.2, 0) is 43.4 Å². The first-order chi connectivity index (χ1) is 20.4. The van der Waals surface area contributed by atoms with Crippen LogP contribution < -0.4 is 0 Å². The maximum Gasteiger partial charge on any atom is 0.431 e. The number of ether oxygens (including phenoxy) is 4. The number of hydrogen-bond acceptors (Lipinski definition) is 9. The van der Waals surface area contributed by atoms with Gasteiger partial charge in [-0.3, -0.25) is 14.1 Å². The standard InChI is InChI=1S/C29H36F4O10S/c30-27(31,29(32,33)44(37,38)39)1-2-40-24(36)25-10-17-4-18(11-25)13-26(12-17,14-25)42-22(34)9-21-23(35)43-28(41-21)19-5-15-3-16(7-19)8-20(28)6-15/h15-21H,1-14H2,(H,37,38,39). The number of carbonyl (C=O) groups is 3. The average molecular weight is 653 g/mol. The molecule has 3 unspecified atom stereocenters. The van der Waals surface area contributed by atoms with Crippen molar-refractivity contribution in [1.29, 1.82) is 0 Å². The van der Waals surface area contributed by atoms with Crippen molar-refractivity contribution in [2.45, 2.75) is 112 Å². The summed E-state index contributed by atoms with van der Waals surface area (Å²) in [6.07, 6.45) is 4.25. The molecular formula is C29H36F4O10S. The first-order valence-electron chi connectivity index (χ1n) is 15.5. The lowest BCUT2D eigenvalue weighted by molar-refractivity contribution is -0.290. The summed E-state index contributed by atoms with van der Waals surface area (Å²) in [4.78, 5) is 39.5. The van der Waals surface area contributed by atoms with Crippen LogP contribution in [0, 0.1) is 40.9 Å². The molecule has 3 atom stereocenters. The Morgan fingerprint density at radius 2 is 1.48 bits per heavy atom. The van der Waals surface area contributed by atoms with Crippen LogP contribution in [0.15, 0.2) is 0 Å². The number of halogens is 4. The summed E-state index contributed by atoms with van der Waals surface area (Å²) in [6, 6.07) is 0. The van der Waals surface area contributed by atoms with Crippen molar-refractivity contribution in [2.24, 2.45) is 40.9 Å². The minimum absolute atomic E-state index is 0.0223. The fourth-order valence-electron chi connectivity index (χ4n) is 10.6. The number of hydrogen-bond donors (Lipinski definition) is 1. The van der Waals surface area contributed by atoms with Crippen molar-refractivity contribution in [1.82, 2.24) is 0 Å². The molecule has 0 amide bonds. The molecule has 9 rings (SSSR count). The Morgan fingerprint density at radius 3 is 2.05 bits per heavy atom. The zero-order valence-electron chi connectivity index (χ0n) is 24.0. The first kappa shape index (κ1) is 30.6. The lowest BCUT2D eigenvalue weighted by atomic mass is 9.48. The largest absolute Gasteiger partial charge is 0.465 e. The van der Waals surface area contributed by atoms with Crippen molar-refractivity contribution in [2.75, 3.05) is 6.61 Å². The van der Waals surface area contributed by atoms with E-state index in [9.17, 15) is 40.4 Å². The summed E-state index contributed by atoms with van der Waals surface area (Å²) in [6.45, 7) is -1.20. The molecule has 8 bridgehead atoms. The van der Waals surface area contributed by atoms with E-state index in [0.29, 0.717) is 37.5 Å². The van der Waals surface area contributed by atoms with E-state index in [0.717, 1.165) is 32.1 Å². The van der Waals surface area contributed by atoms with E-state index in [1.54, 1.807) is 0 Å². The highest BCUT2D eigenvalue weighted by molar-refractivity contribution is 7.87. The summed E-state index contributed by atoms with van der Waals surface area (Å²) < 4.78 is 108. The Balaban J connectivity index is 0.988. The predicted molar refractivity (Wildman–Crippen MR) is 138 cm³/mol. The molecule has 1 aliphatic heterocycles. The number of alkyl halides is 4. The quantitative estimate of drug-likeness (QED) is 0.165. The molecule has 1 N–H and O–H groups in total. The van der Waals surface area contributed by atoms with Gasteiger partial charge in [0.1, 0.15) is 5.60 Å². The predicted octanol–water partition coefficient (Wildman–Crippen LogP) is 4.40. The molecule has 0 aromatic heterocycles. The summed E-state index contributed by atoms with van der Waals surface area (Å²) >= 11 is 0. The first-order valence-corrected chi connectivity index (χ1v) is 16.9. The highest BCUT2D eigenvalue weighted by Gasteiger charge is 2.67. The molecule has 1 heterocycles. The van der Waals surface area contributed by atoms with Crippen molar-refractivity contribution in [3.8, 4) is 0 Å². The molecule has 10 nitrogen and oxygen atoms in total. The molecule has 0 aromatic carbocycles. The molecule has 44 heavy (non-hydrogen) atoms. The second-order valence-electron chi connectivity index (χ2n) is 14.7. The van der Waals surface area contributed by atoms with E-state index in [-0.39, 0.29) is 36.5 Å². The van der Waals surface area contributed by atoms with E-state index >= 15 is 0 Å². The molecule has 15 heteroatoms. The van der Waals surface area contributed by atoms with Crippen LogP contribution in [-0.4, -0.2) is 66.2 Å². The van der Waals surface area contributed by atoms with E-state index < -0.39 is 75.1 Å². The molecule has 0 aromatic rings. The van der Waals surface area contributed by atoms with Gasteiger partial charge < -0.3 is 18.9 Å². The van der Waals surface area contributed by atoms with Gasteiger partial charge in [0, 0.05) is 18.3 Å². The second kappa shape index (κ2) is 9.76. The lowest BCUT2D eigenvalue weighted by Gasteiger charge is -2.59. The maximum absolute atomic E-state index is 13.9. The van der Waals surface area contributed by atoms with Crippen LogP contribution in [0.25, 0.3) is 0 Å². The molecular weight excluding hydrogens is 616 g/mol. The van der Waals surface area contributed by atoms with E-state index in [4.69, 9.17) is 23.5 Å². The molecule has 9 fully saturated rings. The SMILES string of the molecule is O=C(CC1OC2(OC1=O)C1CC3CC(C1)CC2C3)OC12CC3CC(C1)CC(C(=O)OCCC(F)(F)C(F)(F)S(=O)(=O)O)(C3)C2.